The number of nitrogens with one attached hydrogen (secondary N) is 1. The Morgan fingerprint density at radius 1 is 0.943 bits per heavy atom. The molecule has 1 aliphatic heterocycles. The third kappa shape index (κ3) is 12.7. The number of piperazine rings is 1. The summed E-state index contributed by atoms with van der Waals surface area (Å²) in [5.41, 5.74) is 0.350. The van der Waals surface area contributed by atoms with Crippen LogP contribution in [0, 0.1) is 15.3 Å². The van der Waals surface area contributed by atoms with E-state index in [0.717, 1.165) is 70.5 Å². The zero-order chi connectivity index (χ0) is 25.1. The van der Waals surface area contributed by atoms with Crippen LogP contribution in [-0.2, 0) is 4.84 Å². The van der Waals surface area contributed by atoms with Crippen molar-refractivity contribution in [3.63, 3.8) is 0 Å². The van der Waals surface area contributed by atoms with Gasteiger partial charge in [-0.1, -0.05) is 70.6 Å². The Labute approximate surface area is 209 Å². The number of nitrogens with zero attached hydrogens (tertiary/aromatic N) is 4. The molecule has 10 heteroatoms. The maximum absolute atomic E-state index is 12.4. The molecule has 1 amide bonds. The summed E-state index contributed by atoms with van der Waals surface area (Å²) in [6.07, 6.45) is 15.6. The van der Waals surface area contributed by atoms with Crippen molar-refractivity contribution >= 4 is 11.7 Å². The lowest BCUT2D eigenvalue weighted by Crippen LogP contribution is -2.43. The molecule has 1 aliphatic rings. The number of hydrogen-bond acceptors (Lipinski definition) is 8. The molecule has 35 heavy (non-hydrogen) atoms. The standard InChI is InChI=1S/C25H42N5O5/c31-25(23-14-15-24(27-22-23)28-19-16-26-17-20-28)29(32)18-12-10-8-6-4-2-1-3-5-7-9-11-13-21-35-30(33)34/h14-15,22,26H,1-13,16-21H2/q-1. The fourth-order valence-electron chi connectivity index (χ4n) is 4.28. The van der Waals surface area contributed by atoms with Crippen molar-refractivity contribution in [3.8, 4) is 0 Å². The minimum absolute atomic E-state index is 0.207. The van der Waals surface area contributed by atoms with Gasteiger partial charge in [-0.25, -0.2) is 4.98 Å². The number of hydroxylamine groups is 2. The molecule has 0 aliphatic carbocycles. The third-order valence-electron chi connectivity index (χ3n) is 6.36. The van der Waals surface area contributed by atoms with Gasteiger partial charge in [0.25, 0.3) is 5.09 Å². The summed E-state index contributed by atoms with van der Waals surface area (Å²) in [5.74, 6) is 0.340. The van der Waals surface area contributed by atoms with E-state index in [1.807, 2.05) is 6.07 Å². The summed E-state index contributed by atoms with van der Waals surface area (Å²) in [4.78, 5) is 33.2. The molecule has 2 rings (SSSR count). The Morgan fingerprint density at radius 2 is 1.49 bits per heavy atom. The molecule has 10 nitrogen and oxygen atoms in total. The first-order valence-electron chi connectivity index (χ1n) is 13.3. The van der Waals surface area contributed by atoms with Gasteiger partial charge in [-0.05, 0) is 25.0 Å². The summed E-state index contributed by atoms with van der Waals surface area (Å²) in [6.45, 7) is 4.06. The highest BCUT2D eigenvalue weighted by Crippen LogP contribution is 2.15. The lowest BCUT2D eigenvalue weighted by atomic mass is 10.0. The van der Waals surface area contributed by atoms with E-state index in [0.29, 0.717) is 10.6 Å². The van der Waals surface area contributed by atoms with Crippen LogP contribution in [-0.4, -0.2) is 60.4 Å². The molecular formula is C25H42N5O5-. The van der Waals surface area contributed by atoms with Crippen LogP contribution in [0.2, 0.25) is 0 Å². The van der Waals surface area contributed by atoms with E-state index in [-0.39, 0.29) is 13.2 Å². The molecule has 1 fully saturated rings. The SMILES string of the molecule is O=C(c1ccc(N2CCNCC2)nc1)N([O-])CCCCCCCCCCCCCCCO[N+](=O)[O-]. The van der Waals surface area contributed by atoms with Gasteiger partial charge in [-0.3, -0.25) is 4.79 Å². The highest BCUT2D eigenvalue weighted by atomic mass is 16.9. The lowest BCUT2D eigenvalue weighted by Gasteiger charge is -2.29. The van der Waals surface area contributed by atoms with Crippen LogP contribution in [0.1, 0.15) is 93.8 Å². The monoisotopic (exact) mass is 492 g/mol. The molecule has 0 saturated carbocycles. The van der Waals surface area contributed by atoms with Crippen molar-refractivity contribution in [2.24, 2.45) is 0 Å². The van der Waals surface area contributed by atoms with Crippen LogP contribution >= 0.6 is 0 Å². The van der Waals surface area contributed by atoms with E-state index < -0.39 is 11.0 Å². The maximum atomic E-state index is 12.4. The van der Waals surface area contributed by atoms with Gasteiger partial charge in [0, 0.05) is 38.9 Å². The third-order valence-corrected chi connectivity index (χ3v) is 6.36. The average Bonchev–Trinajstić information content (AvgIpc) is 2.88. The van der Waals surface area contributed by atoms with Gasteiger partial charge in [-0.15, -0.1) is 10.1 Å². The van der Waals surface area contributed by atoms with E-state index in [2.05, 4.69) is 20.0 Å². The molecule has 0 aromatic carbocycles. The normalized spacial score (nSPS) is 13.6. The number of anilines is 1. The number of rotatable bonds is 19. The van der Waals surface area contributed by atoms with E-state index in [1.54, 1.807) is 6.07 Å². The van der Waals surface area contributed by atoms with Crippen LogP contribution in [0.3, 0.4) is 0 Å². The molecule has 0 radical (unpaired) electrons. The Balaban J connectivity index is 1.41. The second-order valence-electron chi connectivity index (χ2n) is 9.20. The molecular weight excluding hydrogens is 450 g/mol. The Kier molecular flexibility index (Phi) is 14.7. The highest BCUT2D eigenvalue weighted by Gasteiger charge is 2.13. The molecule has 0 bridgehead atoms. The second kappa shape index (κ2) is 17.9. The van der Waals surface area contributed by atoms with Gasteiger partial charge in [0.05, 0.1) is 12.2 Å². The van der Waals surface area contributed by atoms with Gasteiger partial charge >= 0.3 is 0 Å². The highest BCUT2D eigenvalue weighted by molar-refractivity contribution is 5.94. The molecule has 1 N–H and O–H groups in total. The summed E-state index contributed by atoms with van der Waals surface area (Å²) in [6, 6.07) is 3.52. The van der Waals surface area contributed by atoms with Gasteiger partial charge < -0.3 is 25.3 Å². The Bertz CT molecular complexity index is 713. The minimum Gasteiger partial charge on any atom is -0.756 e. The van der Waals surface area contributed by atoms with Crippen molar-refractivity contribution in [2.45, 2.75) is 83.5 Å². The fraction of sp³-hybridized carbons (Fsp3) is 0.760. The zero-order valence-electron chi connectivity index (χ0n) is 21.0. The van der Waals surface area contributed by atoms with Crippen LogP contribution < -0.4 is 10.2 Å². The largest absolute Gasteiger partial charge is 0.756 e. The van der Waals surface area contributed by atoms with Crippen molar-refractivity contribution in [2.75, 3.05) is 44.2 Å². The molecule has 0 spiro atoms. The van der Waals surface area contributed by atoms with Crippen LogP contribution in [0.25, 0.3) is 0 Å². The average molecular weight is 493 g/mol. The maximum Gasteiger partial charge on any atom is 0.294 e. The number of unbranched alkanes of at least 4 members (excludes halogenated alkanes) is 12. The number of amides is 1. The Hall–Kier alpha value is -2.46. The quantitative estimate of drug-likeness (QED) is 0.167. The van der Waals surface area contributed by atoms with E-state index in [4.69, 9.17) is 0 Å². The van der Waals surface area contributed by atoms with E-state index in [9.17, 15) is 20.1 Å². The molecule has 198 valence electrons. The van der Waals surface area contributed by atoms with Crippen LogP contribution in [0.5, 0.6) is 0 Å². The van der Waals surface area contributed by atoms with Crippen molar-refractivity contribution in [1.82, 2.24) is 15.4 Å². The predicted molar refractivity (Wildman–Crippen MR) is 137 cm³/mol. The lowest BCUT2D eigenvalue weighted by molar-refractivity contribution is -0.757. The minimum atomic E-state index is -0.730. The van der Waals surface area contributed by atoms with Crippen LogP contribution in [0.15, 0.2) is 18.3 Å². The zero-order valence-corrected chi connectivity index (χ0v) is 21.0. The van der Waals surface area contributed by atoms with Gasteiger partial charge in [0.15, 0.2) is 0 Å². The predicted octanol–water partition coefficient (Wildman–Crippen LogP) is 4.71. The number of carbonyl (C=O) groups is 1. The van der Waals surface area contributed by atoms with Crippen molar-refractivity contribution < 1.29 is 14.7 Å². The first-order chi connectivity index (χ1) is 17.1. The number of pyridine rings is 1. The molecule has 2 heterocycles. The number of aromatic nitrogens is 1. The topological polar surface area (TPSA) is 124 Å². The Morgan fingerprint density at radius 3 is 2.00 bits per heavy atom. The van der Waals surface area contributed by atoms with Crippen LogP contribution in [0.4, 0.5) is 5.82 Å². The fourth-order valence-corrected chi connectivity index (χ4v) is 4.28. The van der Waals surface area contributed by atoms with Gasteiger partial charge in [0.1, 0.15) is 5.82 Å². The summed E-state index contributed by atoms with van der Waals surface area (Å²) < 4.78 is 0. The van der Waals surface area contributed by atoms with E-state index in [1.165, 1.54) is 51.1 Å². The van der Waals surface area contributed by atoms with Crippen molar-refractivity contribution in [3.05, 3.63) is 39.2 Å². The number of carbonyl (C=O) groups excluding carboxylic acids is 1. The van der Waals surface area contributed by atoms with Crippen molar-refractivity contribution in [1.29, 1.82) is 0 Å². The smallest absolute Gasteiger partial charge is 0.294 e. The molecule has 1 aromatic rings. The second-order valence-corrected chi connectivity index (χ2v) is 9.20. The van der Waals surface area contributed by atoms with Gasteiger partial charge in [-0.2, -0.15) is 0 Å². The molecule has 1 saturated heterocycles. The van der Waals surface area contributed by atoms with Gasteiger partial charge in [0.2, 0.25) is 5.91 Å². The van der Waals surface area contributed by atoms with E-state index >= 15 is 0 Å². The first kappa shape index (κ1) is 28.8. The molecule has 1 aromatic heterocycles. The molecule has 0 atom stereocenters. The number of hydrogen-bond donors (Lipinski definition) is 1. The summed E-state index contributed by atoms with van der Waals surface area (Å²) in [7, 11) is 0. The molecule has 0 unspecified atom stereocenters. The first-order valence-corrected chi connectivity index (χ1v) is 13.3. The summed E-state index contributed by atoms with van der Waals surface area (Å²) >= 11 is 0. The summed E-state index contributed by atoms with van der Waals surface area (Å²) in [5, 5.41) is 25.3.